The summed E-state index contributed by atoms with van der Waals surface area (Å²) in [6.07, 6.45) is 0. The summed E-state index contributed by atoms with van der Waals surface area (Å²) in [7, 11) is -4.67. The van der Waals surface area contributed by atoms with E-state index in [1.807, 2.05) is 0 Å². The predicted octanol–water partition coefficient (Wildman–Crippen LogP) is -4.92. The molecule has 11 heteroatoms. The second-order valence-corrected chi connectivity index (χ2v) is 1.96. The van der Waals surface area contributed by atoms with Gasteiger partial charge in [-0.05, 0) is 0 Å². The zero-order chi connectivity index (χ0) is 8.08. The van der Waals surface area contributed by atoms with E-state index in [0.29, 0.717) is 0 Å². The third-order valence-electron chi connectivity index (χ3n) is 0. The van der Waals surface area contributed by atoms with E-state index in [1.54, 1.807) is 0 Å². The summed E-state index contributed by atoms with van der Waals surface area (Å²) in [5.74, 6) is 0. The van der Waals surface area contributed by atoms with E-state index in [1.165, 1.54) is 0 Å². The van der Waals surface area contributed by atoms with Gasteiger partial charge in [-0.25, -0.2) is 0 Å². The number of hydrogen-bond acceptors (Lipinski definition) is 5. The van der Waals surface area contributed by atoms with Crippen LogP contribution in [0.25, 0.3) is 0 Å². The van der Waals surface area contributed by atoms with E-state index < -0.39 is 21.8 Å². The van der Waals surface area contributed by atoms with Crippen LogP contribution in [0.5, 0.6) is 0 Å². The van der Waals surface area contributed by atoms with Gasteiger partial charge in [-0.1, -0.05) is 0 Å². The van der Waals surface area contributed by atoms with E-state index in [0.717, 1.165) is 0 Å². The minimum atomic E-state index is -4.67. The molecule has 0 aliphatic rings. The number of hydrogen-bond donors (Lipinski definition) is 2. The zero-order valence-electron chi connectivity index (χ0n) is 6.46. The van der Waals surface area contributed by atoms with Gasteiger partial charge >= 0.3 is 77.7 Å². The fourth-order valence-corrected chi connectivity index (χ4v) is 0. The normalized spacial score (nSPS) is 8.45. The molecule has 0 unspecified atom stereocenters. The van der Waals surface area contributed by atoms with Gasteiger partial charge in [0.1, 0.15) is 0 Å². The monoisotopic (exact) mass is 242 g/mol. The Kier molecular flexibility index (Phi) is 25.7. The molecule has 0 heterocycles. The van der Waals surface area contributed by atoms with Crippen molar-refractivity contribution in [3.63, 3.8) is 0 Å². The topological polar surface area (TPSA) is 138 Å². The van der Waals surface area contributed by atoms with Crippen molar-refractivity contribution in [2.75, 3.05) is 0 Å². The molecule has 0 fully saturated rings. The molecule has 0 aliphatic heterocycles. The van der Waals surface area contributed by atoms with Gasteiger partial charge in [0, 0.05) is 0 Å². The summed E-state index contributed by atoms with van der Waals surface area (Å²) >= 11 is -3.11. The Hall–Kier alpha value is 2.20. The second kappa shape index (κ2) is 12.2. The second-order valence-electron chi connectivity index (χ2n) is 0.652. The van der Waals surface area contributed by atoms with E-state index in [9.17, 15) is 0 Å². The standard InChI is InChI=1S/Ca.Na.H2O4S.H2O3S.H/c;;1-5(2,3)4;1-4(2)3;/h;;(H2,1,2,3,4);(H2,1,2,3);/q+2;+1;;;-1/p-2. The van der Waals surface area contributed by atoms with Crippen LogP contribution >= 0.6 is 0 Å². The van der Waals surface area contributed by atoms with Crippen LogP contribution in [0.4, 0.5) is 0 Å². The minimum Gasteiger partial charge on any atom is -1.00 e. The maximum atomic E-state index is 8.74. The molecule has 0 saturated carbocycles. The third-order valence-corrected chi connectivity index (χ3v) is 0. The summed E-state index contributed by atoms with van der Waals surface area (Å²) in [6, 6.07) is 0. The summed E-state index contributed by atoms with van der Waals surface area (Å²) in [4.78, 5) is 0. The Labute approximate surface area is 119 Å². The summed E-state index contributed by atoms with van der Waals surface area (Å²) < 4.78 is 56.9. The Balaban J connectivity index is -0.0000000221. The maximum Gasteiger partial charge on any atom is 2.00 e. The Morgan fingerprint density at radius 3 is 1.27 bits per heavy atom. The fourth-order valence-electron chi connectivity index (χ4n) is 0. The Morgan fingerprint density at radius 2 is 1.27 bits per heavy atom. The van der Waals surface area contributed by atoms with E-state index >= 15 is 0 Å². The van der Waals surface area contributed by atoms with Gasteiger partial charge in [0.2, 0.25) is 0 Å². The summed E-state index contributed by atoms with van der Waals surface area (Å²) in [5.41, 5.74) is 0. The van der Waals surface area contributed by atoms with Crippen molar-refractivity contribution in [1.82, 2.24) is 0 Å². The average Bonchev–Trinajstić information content (AvgIpc) is 1.19. The first kappa shape index (κ1) is 23.2. The van der Waals surface area contributed by atoms with Crippen molar-refractivity contribution in [3.05, 3.63) is 0 Å². The molecule has 0 radical (unpaired) electrons. The molecule has 0 saturated heterocycles. The van der Waals surface area contributed by atoms with Crippen LogP contribution in [0.3, 0.4) is 0 Å². The predicted molar refractivity (Wildman–Crippen MR) is 30.7 cm³/mol. The fraction of sp³-hybridized carbons (Fsp3) is 0. The van der Waals surface area contributed by atoms with Crippen LogP contribution in [-0.2, 0) is 21.8 Å². The van der Waals surface area contributed by atoms with E-state index in [-0.39, 0.29) is 68.7 Å². The summed E-state index contributed by atoms with van der Waals surface area (Å²) in [6.45, 7) is 0. The molecule has 2 N–H and O–H groups in total. The van der Waals surface area contributed by atoms with E-state index in [2.05, 4.69) is 0 Å². The van der Waals surface area contributed by atoms with Crippen molar-refractivity contribution in [2.45, 2.75) is 0 Å². The van der Waals surface area contributed by atoms with Crippen LogP contribution < -0.4 is 29.6 Å². The van der Waals surface area contributed by atoms with Crippen molar-refractivity contribution in [3.8, 4) is 0 Å². The Morgan fingerprint density at radius 1 is 1.27 bits per heavy atom. The SMILES string of the molecule is O=S(=O)(O)O.O=S([O-])[O-].[Ca+2].[H-].[Na+]. The first-order chi connectivity index (χ1) is 3.73. The van der Waals surface area contributed by atoms with Gasteiger partial charge in [-0.15, -0.1) is 11.4 Å². The molecule has 0 aromatic rings. The molecular formula is H3CaNaO7S2. The third kappa shape index (κ3) is 262. The molecule has 60 valence electrons. The Bertz CT molecular complexity index is 164. The van der Waals surface area contributed by atoms with Crippen LogP contribution in [0.2, 0.25) is 0 Å². The zero-order valence-corrected chi connectivity index (χ0v) is 11.3. The molecule has 0 aromatic carbocycles. The number of rotatable bonds is 0. The maximum absolute atomic E-state index is 8.74. The molecule has 0 aliphatic carbocycles. The van der Waals surface area contributed by atoms with Crippen LogP contribution in [0, 0.1) is 0 Å². The van der Waals surface area contributed by atoms with Crippen molar-refractivity contribution < 1.29 is 61.8 Å². The largest absolute Gasteiger partial charge is 2.00 e. The molecular weight excluding hydrogens is 239 g/mol. The van der Waals surface area contributed by atoms with Crippen molar-refractivity contribution in [1.29, 1.82) is 0 Å². The van der Waals surface area contributed by atoms with Gasteiger partial charge in [0.25, 0.3) is 0 Å². The molecule has 7 nitrogen and oxygen atoms in total. The van der Waals surface area contributed by atoms with Gasteiger partial charge in [0.15, 0.2) is 0 Å². The van der Waals surface area contributed by atoms with Crippen LogP contribution in [-0.4, -0.2) is 68.6 Å². The van der Waals surface area contributed by atoms with Gasteiger partial charge in [-0.2, -0.15) is 8.42 Å². The van der Waals surface area contributed by atoms with Crippen molar-refractivity contribution >= 4 is 59.5 Å². The molecule has 0 amide bonds. The van der Waals surface area contributed by atoms with Gasteiger partial charge in [-0.3, -0.25) is 13.3 Å². The van der Waals surface area contributed by atoms with Crippen LogP contribution in [0.15, 0.2) is 0 Å². The first-order valence-corrected chi connectivity index (χ1v) is 3.60. The van der Waals surface area contributed by atoms with Crippen LogP contribution in [0.1, 0.15) is 1.43 Å². The molecule has 0 spiro atoms. The molecule has 11 heavy (non-hydrogen) atoms. The first-order valence-electron chi connectivity index (χ1n) is 1.20. The molecule has 0 bridgehead atoms. The molecule has 0 rings (SSSR count). The average molecular weight is 242 g/mol. The smallest absolute Gasteiger partial charge is 1.00 e. The molecule has 0 atom stereocenters. The van der Waals surface area contributed by atoms with Crippen molar-refractivity contribution in [2.24, 2.45) is 0 Å². The van der Waals surface area contributed by atoms with Gasteiger partial charge in [0.05, 0.1) is 0 Å². The molecule has 0 aromatic heterocycles. The van der Waals surface area contributed by atoms with Gasteiger partial charge < -0.3 is 10.5 Å². The quantitative estimate of drug-likeness (QED) is 0.246. The summed E-state index contributed by atoms with van der Waals surface area (Å²) in [5, 5.41) is 0. The minimum absolute atomic E-state index is 0. The van der Waals surface area contributed by atoms with E-state index in [4.69, 9.17) is 30.8 Å².